The van der Waals surface area contributed by atoms with Crippen LogP contribution in [-0.2, 0) is 4.79 Å². The number of nitro benzene ring substituents is 1. The molecule has 0 aliphatic heterocycles. The number of carbonyl (C=O) groups is 1. The number of quaternary nitrogens is 1. The molecule has 6 heteroatoms. The van der Waals surface area contributed by atoms with Crippen LogP contribution in [0.2, 0.25) is 0 Å². The van der Waals surface area contributed by atoms with Gasteiger partial charge in [-0.25, -0.2) is 0 Å². The van der Waals surface area contributed by atoms with Crippen molar-refractivity contribution in [2.24, 2.45) is 0 Å². The summed E-state index contributed by atoms with van der Waals surface area (Å²) in [6, 6.07) is 5.05. The van der Waals surface area contributed by atoms with Crippen LogP contribution in [-0.4, -0.2) is 23.4 Å². The van der Waals surface area contributed by atoms with E-state index in [2.05, 4.69) is 10.6 Å². The molecule has 1 aliphatic rings. The molecule has 0 atom stereocenters. The summed E-state index contributed by atoms with van der Waals surface area (Å²) < 4.78 is 0. The van der Waals surface area contributed by atoms with Gasteiger partial charge in [-0.2, -0.15) is 0 Å². The Bertz CT molecular complexity index is 552. The van der Waals surface area contributed by atoms with E-state index in [-0.39, 0.29) is 11.6 Å². The van der Waals surface area contributed by atoms with Gasteiger partial charge in [0, 0.05) is 12.1 Å². The number of non-ortho nitro benzene ring substituents is 1. The zero-order valence-electron chi connectivity index (χ0n) is 13.7. The van der Waals surface area contributed by atoms with Crippen LogP contribution in [0.5, 0.6) is 0 Å². The van der Waals surface area contributed by atoms with Crippen molar-refractivity contribution in [1.29, 1.82) is 0 Å². The first-order valence-electron chi connectivity index (χ1n) is 8.44. The van der Waals surface area contributed by atoms with Crippen LogP contribution >= 0.6 is 0 Å². The summed E-state index contributed by atoms with van der Waals surface area (Å²) in [6.45, 7) is 2.20. The predicted octanol–water partition coefficient (Wildman–Crippen LogP) is 2.52. The van der Waals surface area contributed by atoms with Crippen molar-refractivity contribution in [1.82, 2.24) is 0 Å². The van der Waals surface area contributed by atoms with Gasteiger partial charge in [0.05, 0.1) is 16.7 Å². The number of aryl methyl sites for hydroxylation is 1. The number of benzene rings is 1. The van der Waals surface area contributed by atoms with E-state index in [9.17, 15) is 14.9 Å². The number of nitrogens with zero attached hydrogens (tertiary/aromatic N) is 1. The number of hydrogen-bond donors (Lipinski definition) is 2. The van der Waals surface area contributed by atoms with Crippen LogP contribution in [0.3, 0.4) is 0 Å². The summed E-state index contributed by atoms with van der Waals surface area (Å²) in [6.07, 6.45) is 8.75. The number of anilines is 1. The first-order chi connectivity index (χ1) is 11.1. The van der Waals surface area contributed by atoms with Gasteiger partial charge in [-0.1, -0.05) is 25.3 Å². The maximum Gasteiger partial charge on any atom is 0.279 e. The van der Waals surface area contributed by atoms with E-state index in [0.29, 0.717) is 18.3 Å². The van der Waals surface area contributed by atoms with Crippen molar-refractivity contribution in [2.45, 2.75) is 57.9 Å². The SMILES string of the molecule is Cc1ccc([N+](=O)[O-])cc1NC(=O)C[NH2+]C1CCCCCCC1. The van der Waals surface area contributed by atoms with Crippen molar-refractivity contribution in [3.05, 3.63) is 33.9 Å². The third-order valence-corrected chi connectivity index (χ3v) is 4.49. The molecule has 23 heavy (non-hydrogen) atoms. The Hall–Kier alpha value is -1.95. The molecule has 1 saturated carbocycles. The molecule has 1 aromatic carbocycles. The highest BCUT2D eigenvalue weighted by atomic mass is 16.6. The molecular formula is C17H26N3O3+. The fourth-order valence-corrected chi connectivity index (χ4v) is 3.06. The lowest BCUT2D eigenvalue weighted by molar-refractivity contribution is -0.680. The molecule has 1 aromatic rings. The molecule has 1 fully saturated rings. The van der Waals surface area contributed by atoms with Crippen molar-refractivity contribution in [3.63, 3.8) is 0 Å². The summed E-state index contributed by atoms with van der Waals surface area (Å²) >= 11 is 0. The molecule has 0 saturated heterocycles. The lowest BCUT2D eigenvalue weighted by Crippen LogP contribution is -2.91. The quantitative estimate of drug-likeness (QED) is 0.645. The summed E-state index contributed by atoms with van der Waals surface area (Å²) in [5, 5.41) is 15.7. The Morgan fingerprint density at radius 1 is 1.26 bits per heavy atom. The van der Waals surface area contributed by atoms with Gasteiger partial charge in [-0.05, 0) is 38.2 Å². The fourth-order valence-electron chi connectivity index (χ4n) is 3.06. The summed E-state index contributed by atoms with van der Waals surface area (Å²) in [4.78, 5) is 22.5. The third-order valence-electron chi connectivity index (χ3n) is 4.49. The molecule has 1 aliphatic carbocycles. The maximum absolute atomic E-state index is 12.1. The maximum atomic E-state index is 12.1. The van der Waals surface area contributed by atoms with Crippen molar-refractivity contribution >= 4 is 17.3 Å². The summed E-state index contributed by atoms with van der Waals surface area (Å²) in [7, 11) is 0. The van der Waals surface area contributed by atoms with Crippen LogP contribution in [0.15, 0.2) is 18.2 Å². The standard InChI is InChI=1S/C17H25N3O3/c1-13-9-10-15(20(22)23)11-16(13)19-17(21)12-18-14-7-5-3-2-4-6-8-14/h9-11,14,18H,2-8,12H2,1H3,(H,19,21)/p+1. The van der Waals surface area contributed by atoms with E-state index in [4.69, 9.17) is 0 Å². The van der Waals surface area contributed by atoms with E-state index in [1.54, 1.807) is 6.07 Å². The lowest BCUT2D eigenvalue weighted by atomic mass is 9.97. The molecule has 126 valence electrons. The van der Waals surface area contributed by atoms with E-state index in [0.717, 1.165) is 5.56 Å². The van der Waals surface area contributed by atoms with Gasteiger partial charge >= 0.3 is 0 Å². The summed E-state index contributed by atoms with van der Waals surface area (Å²) in [5.74, 6) is -0.101. The number of hydrogen-bond acceptors (Lipinski definition) is 3. The van der Waals surface area contributed by atoms with E-state index >= 15 is 0 Å². The first-order valence-corrected chi connectivity index (χ1v) is 8.44. The van der Waals surface area contributed by atoms with E-state index in [1.165, 1.54) is 57.1 Å². The zero-order valence-corrected chi connectivity index (χ0v) is 13.7. The predicted molar refractivity (Wildman–Crippen MR) is 89.4 cm³/mol. The second kappa shape index (κ2) is 8.62. The molecule has 0 heterocycles. The largest absolute Gasteiger partial charge is 0.336 e. The molecular weight excluding hydrogens is 294 g/mol. The van der Waals surface area contributed by atoms with Crippen LogP contribution in [0.1, 0.15) is 50.5 Å². The van der Waals surface area contributed by atoms with E-state index in [1.807, 2.05) is 6.92 Å². The normalized spacial score (nSPS) is 16.4. The van der Waals surface area contributed by atoms with E-state index < -0.39 is 4.92 Å². The Morgan fingerprint density at radius 2 is 1.91 bits per heavy atom. The molecule has 6 nitrogen and oxygen atoms in total. The zero-order chi connectivity index (χ0) is 16.7. The monoisotopic (exact) mass is 320 g/mol. The van der Waals surface area contributed by atoms with Crippen molar-refractivity contribution < 1.29 is 15.0 Å². The van der Waals surface area contributed by atoms with Gasteiger partial charge in [-0.3, -0.25) is 14.9 Å². The number of nitrogens with two attached hydrogens (primary N) is 1. The third kappa shape index (κ3) is 5.63. The molecule has 0 spiro atoms. The number of nitrogens with one attached hydrogen (secondary N) is 1. The van der Waals surface area contributed by atoms with Crippen molar-refractivity contribution in [2.75, 3.05) is 11.9 Å². The highest BCUT2D eigenvalue weighted by molar-refractivity contribution is 5.92. The Labute approximate surface area is 136 Å². The number of carbonyl (C=O) groups excluding carboxylic acids is 1. The lowest BCUT2D eigenvalue weighted by Gasteiger charge is -2.18. The molecule has 0 aromatic heterocycles. The van der Waals surface area contributed by atoms with Crippen LogP contribution < -0.4 is 10.6 Å². The Morgan fingerprint density at radius 3 is 2.57 bits per heavy atom. The number of nitro groups is 1. The molecule has 0 radical (unpaired) electrons. The van der Waals surface area contributed by atoms with Crippen LogP contribution in [0.4, 0.5) is 11.4 Å². The summed E-state index contributed by atoms with van der Waals surface area (Å²) in [5.41, 5.74) is 1.35. The molecule has 0 bridgehead atoms. The van der Waals surface area contributed by atoms with Gasteiger partial charge in [0.2, 0.25) is 0 Å². The average Bonchev–Trinajstić information content (AvgIpc) is 2.48. The highest BCUT2D eigenvalue weighted by Gasteiger charge is 2.17. The second-order valence-corrected chi connectivity index (χ2v) is 6.35. The van der Waals surface area contributed by atoms with Gasteiger partial charge in [-0.15, -0.1) is 0 Å². The first kappa shape index (κ1) is 17.4. The Balaban J connectivity index is 1.86. The van der Waals surface area contributed by atoms with Gasteiger partial charge in [0.25, 0.3) is 11.6 Å². The van der Waals surface area contributed by atoms with Gasteiger partial charge in [0.1, 0.15) is 0 Å². The molecule has 1 amide bonds. The highest BCUT2D eigenvalue weighted by Crippen LogP contribution is 2.21. The van der Waals surface area contributed by atoms with Crippen LogP contribution in [0, 0.1) is 17.0 Å². The number of rotatable bonds is 5. The molecule has 2 rings (SSSR count). The van der Waals surface area contributed by atoms with Crippen LogP contribution in [0.25, 0.3) is 0 Å². The molecule has 0 unspecified atom stereocenters. The fraction of sp³-hybridized carbons (Fsp3) is 0.588. The minimum atomic E-state index is -0.449. The number of amides is 1. The Kier molecular flexibility index (Phi) is 6.52. The minimum absolute atomic E-state index is 0.00472. The minimum Gasteiger partial charge on any atom is -0.336 e. The topological polar surface area (TPSA) is 88.9 Å². The second-order valence-electron chi connectivity index (χ2n) is 6.35. The average molecular weight is 320 g/mol. The van der Waals surface area contributed by atoms with Crippen molar-refractivity contribution in [3.8, 4) is 0 Å². The smallest absolute Gasteiger partial charge is 0.279 e. The van der Waals surface area contributed by atoms with Gasteiger partial charge < -0.3 is 10.6 Å². The molecule has 3 N–H and O–H groups in total. The van der Waals surface area contributed by atoms with Gasteiger partial charge in [0.15, 0.2) is 6.54 Å².